The van der Waals surface area contributed by atoms with Crippen molar-refractivity contribution in [2.75, 3.05) is 32.7 Å². The summed E-state index contributed by atoms with van der Waals surface area (Å²) in [7, 11) is 0. The molecule has 6 heteroatoms. The highest BCUT2D eigenvalue weighted by Crippen LogP contribution is 2.23. The van der Waals surface area contributed by atoms with Gasteiger partial charge in [-0.3, -0.25) is 14.8 Å². The molecule has 1 saturated heterocycles. The first-order valence-electron chi connectivity index (χ1n) is 7.55. The molecule has 0 aliphatic carbocycles. The number of thioether (sulfide) groups is 1. The van der Waals surface area contributed by atoms with E-state index in [1.807, 2.05) is 34.9 Å². The summed E-state index contributed by atoms with van der Waals surface area (Å²) in [6.07, 6.45) is 6.93. The second kappa shape index (κ2) is 6.96. The van der Waals surface area contributed by atoms with E-state index < -0.39 is 0 Å². The minimum atomic E-state index is 0.0675. The van der Waals surface area contributed by atoms with E-state index in [-0.39, 0.29) is 5.91 Å². The summed E-state index contributed by atoms with van der Waals surface area (Å²) >= 11 is 1.84. The van der Waals surface area contributed by atoms with Gasteiger partial charge in [0.25, 0.3) is 0 Å². The zero-order valence-corrected chi connectivity index (χ0v) is 13.5. The molecule has 0 saturated carbocycles. The molecule has 1 atom stereocenters. The van der Waals surface area contributed by atoms with Gasteiger partial charge in [-0.1, -0.05) is 24.8 Å². The van der Waals surface area contributed by atoms with Crippen LogP contribution < -0.4 is 0 Å². The van der Waals surface area contributed by atoms with Gasteiger partial charge in [-0.2, -0.15) is 0 Å². The van der Waals surface area contributed by atoms with Gasteiger partial charge in [-0.15, -0.1) is 0 Å². The predicted octanol–water partition coefficient (Wildman–Crippen LogP) is 1.73. The molecule has 2 aliphatic rings. The topological polar surface area (TPSA) is 48.8 Å². The standard InChI is InChI=1S/C16H20N4OS/c1-13-11-18-16(22-13)20-9-7-19(8-10-20)15(21)5-4-14-3-2-6-17-12-14/h2-6,12-13H,7-11H2,1H3/b5-4-/t13-/m0/s1. The number of piperazine rings is 1. The Kier molecular flexibility index (Phi) is 4.77. The summed E-state index contributed by atoms with van der Waals surface area (Å²) in [6, 6.07) is 3.80. The van der Waals surface area contributed by atoms with Gasteiger partial charge < -0.3 is 9.80 Å². The molecular weight excluding hydrogens is 296 g/mol. The minimum Gasteiger partial charge on any atom is -0.348 e. The second-order valence-electron chi connectivity index (χ2n) is 5.48. The molecule has 0 spiro atoms. The number of pyridine rings is 1. The van der Waals surface area contributed by atoms with Crippen molar-refractivity contribution in [3.05, 3.63) is 36.2 Å². The molecule has 0 radical (unpaired) electrons. The molecule has 1 aromatic rings. The van der Waals surface area contributed by atoms with Gasteiger partial charge in [0, 0.05) is 49.9 Å². The molecule has 5 nitrogen and oxygen atoms in total. The highest BCUT2D eigenvalue weighted by Gasteiger charge is 2.25. The lowest BCUT2D eigenvalue weighted by atomic mass is 10.2. The number of aromatic nitrogens is 1. The lowest BCUT2D eigenvalue weighted by Crippen LogP contribution is -2.49. The highest BCUT2D eigenvalue weighted by molar-refractivity contribution is 8.14. The fourth-order valence-electron chi connectivity index (χ4n) is 2.50. The van der Waals surface area contributed by atoms with Crippen LogP contribution in [0.25, 0.3) is 6.08 Å². The smallest absolute Gasteiger partial charge is 0.246 e. The first-order valence-corrected chi connectivity index (χ1v) is 8.43. The van der Waals surface area contributed by atoms with Crippen LogP contribution in [0.4, 0.5) is 0 Å². The molecule has 1 fully saturated rings. The van der Waals surface area contributed by atoms with Crippen molar-refractivity contribution in [2.24, 2.45) is 4.99 Å². The van der Waals surface area contributed by atoms with E-state index in [1.165, 1.54) is 0 Å². The van der Waals surface area contributed by atoms with E-state index in [4.69, 9.17) is 0 Å². The van der Waals surface area contributed by atoms with Crippen molar-refractivity contribution in [2.45, 2.75) is 12.2 Å². The molecule has 0 aromatic carbocycles. The highest BCUT2D eigenvalue weighted by atomic mass is 32.2. The number of carbonyl (C=O) groups excluding carboxylic acids is 1. The second-order valence-corrected chi connectivity index (χ2v) is 6.89. The monoisotopic (exact) mass is 316 g/mol. The summed E-state index contributed by atoms with van der Waals surface area (Å²) < 4.78 is 0. The molecule has 0 unspecified atom stereocenters. The van der Waals surface area contributed by atoms with E-state index in [0.29, 0.717) is 5.25 Å². The van der Waals surface area contributed by atoms with Gasteiger partial charge in [0.1, 0.15) is 0 Å². The molecule has 22 heavy (non-hydrogen) atoms. The van der Waals surface area contributed by atoms with Gasteiger partial charge >= 0.3 is 0 Å². The van der Waals surface area contributed by atoms with Gasteiger partial charge in [0.15, 0.2) is 5.17 Å². The van der Waals surface area contributed by atoms with Gasteiger partial charge in [-0.05, 0) is 17.7 Å². The number of rotatable bonds is 2. The first kappa shape index (κ1) is 15.1. The average Bonchev–Trinajstić information content (AvgIpc) is 3.00. The van der Waals surface area contributed by atoms with Crippen LogP contribution in [0.3, 0.4) is 0 Å². The van der Waals surface area contributed by atoms with Crippen molar-refractivity contribution in [3.63, 3.8) is 0 Å². The number of amides is 1. The summed E-state index contributed by atoms with van der Waals surface area (Å²) in [6.45, 7) is 6.35. The molecule has 3 rings (SSSR count). The fraction of sp³-hybridized carbons (Fsp3) is 0.438. The number of aliphatic imine (C=N–C) groups is 1. The van der Waals surface area contributed by atoms with Crippen molar-refractivity contribution < 1.29 is 4.79 Å². The van der Waals surface area contributed by atoms with Crippen LogP contribution in [0.2, 0.25) is 0 Å². The first-order chi connectivity index (χ1) is 10.7. The summed E-state index contributed by atoms with van der Waals surface area (Å²) in [4.78, 5) is 25.0. The molecule has 3 heterocycles. The zero-order valence-electron chi connectivity index (χ0n) is 12.7. The summed E-state index contributed by atoms with van der Waals surface area (Å²) in [5.74, 6) is 0.0675. The number of nitrogens with zero attached hydrogens (tertiary/aromatic N) is 4. The number of hydrogen-bond donors (Lipinski definition) is 0. The molecular formula is C16H20N4OS. The van der Waals surface area contributed by atoms with E-state index in [1.54, 1.807) is 18.5 Å². The van der Waals surface area contributed by atoms with Crippen LogP contribution in [0.5, 0.6) is 0 Å². The third-order valence-electron chi connectivity index (χ3n) is 3.75. The number of hydrogen-bond acceptors (Lipinski definition) is 5. The van der Waals surface area contributed by atoms with Crippen molar-refractivity contribution in [1.29, 1.82) is 0 Å². The van der Waals surface area contributed by atoms with E-state index in [0.717, 1.165) is 43.5 Å². The maximum absolute atomic E-state index is 12.2. The normalized spacial score (nSPS) is 22.2. The average molecular weight is 316 g/mol. The van der Waals surface area contributed by atoms with Crippen molar-refractivity contribution in [3.8, 4) is 0 Å². The van der Waals surface area contributed by atoms with Crippen LogP contribution in [0.15, 0.2) is 35.6 Å². The van der Waals surface area contributed by atoms with E-state index in [9.17, 15) is 4.79 Å². The van der Waals surface area contributed by atoms with Crippen LogP contribution >= 0.6 is 11.8 Å². The Balaban J connectivity index is 1.51. The lowest BCUT2D eigenvalue weighted by Gasteiger charge is -2.35. The quantitative estimate of drug-likeness (QED) is 0.780. The van der Waals surface area contributed by atoms with Crippen LogP contribution in [-0.4, -0.2) is 63.8 Å². The maximum Gasteiger partial charge on any atom is 0.246 e. The molecule has 0 N–H and O–H groups in total. The number of amidine groups is 1. The molecule has 2 aliphatic heterocycles. The third-order valence-corrected chi connectivity index (χ3v) is 4.90. The fourth-order valence-corrected chi connectivity index (χ4v) is 3.49. The van der Waals surface area contributed by atoms with Crippen molar-refractivity contribution >= 4 is 28.9 Å². The largest absolute Gasteiger partial charge is 0.348 e. The minimum absolute atomic E-state index is 0.0675. The van der Waals surface area contributed by atoms with Crippen LogP contribution in [0.1, 0.15) is 12.5 Å². The maximum atomic E-state index is 12.2. The van der Waals surface area contributed by atoms with E-state index >= 15 is 0 Å². The Morgan fingerprint density at radius 2 is 2.18 bits per heavy atom. The molecule has 1 aromatic heterocycles. The Morgan fingerprint density at radius 3 is 2.82 bits per heavy atom. The molecule has 1 amide bonds. The Morgan fingerprint density at radius 1 is 1.36 bits per heavy atom. The molecule has 116 valence electrons. The number of carbonyl (C=O) groups is 1. The van der Waals surface area contributed by atoms with Gasteiger partial charge in [-0.25, -0.2) is 0 Å². The Bertz CT molecular complexity index is 579. The Hall–Kier alpha value is -1.82. The third kappa shape index (κ3) is 3.68. The van der Waals surface area contributed by atoms with Gasteiger partial charge in [0.2, 0.25) is 5.91 Å². The lowest BCUT2D eigenvalue weighted by molar-refractivity contribution is -0.127. The zero-order chi connectivity index (χ0) is 15.4. The molecule has 0 bridgehead atoms. The predicted molar refractivity (Wildman–Crippen MR) is 90.8 cm³/mol. The van der Waals surface area contributed by atoms with Crippen LogP contribution in [-0.2, 0) is 4.79 Å². The Labute approximate surface area is 135 Å². The summed E-state index contributed by atoms with van der Waals surface area (Å²) in [5, 5.41) is 1.72. The van der Waals surface area contributed by atoms with Crippen LogP contribution in [0, 0.1) is 0 Å². The van der Waals surface area contributed by atoms with Gasteiger partial charge in [0.05, 0.1) is 6.54 Å². The van der Waals surface area contributed by atoms with Crippen molar-refractivity contribution in [1.82, 2.24) is 14.8 Å². The summed E-state index contributed by atoms with van der Waals surface area (Å²) in [5.41, 5.74) is 0.945. The SMILES string of the molecule is C[C@H]1CN=C(N2CCN(C(=O)/C=C\c3cccnc3)CC2)S1. The van der Waals surface area contributed by atoms with E-state index in [2.05, 4.69) is 21.8 Å².